The second kappa shape index (κ2) is 10.1. The molecule has 0 saturated heterocycles. The number of carbonyl (C=O) groups excluding carboxylic acids is 1. The third kappa shape index (κ3) is 5.63. The molecular weight excluding hydrogens is 465 g/mol. The van der Waals surface area contributed by atoms with Crippen LogP contribution in [0.25, 0.3) is 0 Å². The first-order valence-corrected chi connectivity index (χ1v) is 10.8. The molecule has 0 saturated carbocycles. The topological polar surface area (TPSA) is 51.0 Å². The van der Waals surface area contributed by atoms with E-state index in [1.807, 2.05) is 6.07 Å². The zero-order valence-corrected chi connectivity index (χ0v) is 18.7. The molecule has 0 radical (unpaired) electrons. The van der Waals surface area contributed by atoms with Crippen LogP contribution in [0, 0.1) is 0 Å². The van der Waals surface area contributed by atoms with E-state index in [0.717, 1.165) is 11.6 Å². The first-order chi connectivity index (χ1) is 16.3. The van der Waals surface area contributed by atoms with Crippen LogP contribution in [0.1, 0.15) is 32.9 Å². The number of hydrogen-bond acceptors (Lipinski definition) is 3. The Kier molecular flexibility index (Phi) is 6.98. The number of carbonyl (C=O) groups is 1. The molecule has 0 spiro atoms. The number of alkyl halides is 3. The maximum absolute atomic E-state index is 13.5. The standard InChI is InChI=1S/C25H20ClF3N4O/c26-21-9-7-19(8-10-21)24(34)33(15-18-4-3-11-30-14-18)17-23-31-12-13-32(23)16-20-5-1-2-6-22(20)25(27,28)29/h1-14H,15-17H2. The van der Waals surface area contributed by atoms with Crippen molar-refractivity contribution in [3.63, 3.8) is 0 Å². The van der Waals surface area contributed by atoms with Crippen LogP contribution < -0.4 is 0 Å². The lowest BCUT2D eigenvalue weighted by Gasteiger charge is -2.23. The Morgan fingerprint density at radius 3 is 2.44 bits per heavy atom. The van der Waals surface area contributed by atoms with Gasteiger partial charge in [0.2, 0.25) is 0 Å². The van der Waals surface area contributed by atoms with Gasteiger partial charge in [-0.25, -0.2) is 4.98 Å². The zero-order chi connectivity index (χ0) is 24.1. The van der Waals surface area contributed by atoms with E-state index < -0.39 is 11.7 Å². The van der Waals surface area contributed by atoms with E-state index in [2.05, 4.69) is 9.97 Å². The Bertz CT molecular complexity index is 1260. The molecule has 0 atom stereocenters. The third-order valence-electron chi connectivity index (χ3n) is 5.27. The van der Waals surface area contributed by atoms with E-state index >= 15 is 0 Å². The number of hydrogen-bond donors (Lipinski definition) is 0. The molecule has 0 aliphatic heterocycles. The van der Waals surface area contributed by atoms with Crippen LogP contribution in [0.5, 0.6) is 0 Å². The van der Waals surface area contributed by atoms with E-state index in [0.29, 0.717) is 16.4 Å². The van der Waals surface area contributed by atoms with Crippen molar-refractivity contribution in [2.45, 2.75) is 25.8 Å². The second-order valence-electron chi connectivity index (χ2n) is 7.66. The molecule has 0 bridgehead atoms. The summed E-state index contributed by atoms with van der Waals surface area (Å²) in [6.45, 7) is 0.319. The average molecular weight is 485 g/mol. The van der Waals surface area contributed by atoms with Crippen LogP contribution in [0.15, 0.2) is 85.5 Å². The normalized spacial score (nSPS) is 11.4. The molecule has 0 aliphatic rings. The van der Waals surface area contributed by atoms with E-state index in [-0.39, 0.29) is 31.1 Å². The maximum Gasteiger partial charge on any atom is 0.416 e. The summed E-state index contributed by atoms with van der Waals surface area (Å²) >= 11 is 5.96. The maximum atomic E-state index is 13.5. The van der Waals surface area contributed by atoms with E-state index in [4.69, 9.17) is 11.6 Å². The van der Waals surface area contributed by atoms with E-state index in [1.54, 1.807) is 64.5 Å². The summed E-state index contributed by atoms with van der Waals surface area (Å²) in [5, 5.41) is 0.509. The predicted octanol–water partition coefficient (Wildman–Crippen LogP) is 5.84. The van der Waals surface area contributed by atoms with Crippen molar-refractivity contribution in [2.75, 3.05) is 0 Å². The molecule has 2 aromatic carbocycles. The Balaban J connectivity index is 1.62. The minimum Gasteiger partial charge on any atom is -0.329 e. The highest BCUT2D eigenvalue weighted by Gasteiger charge is 2.33. The van der Waals surface area contributed by atoms with Crippen LogP contribution in [-0.2, 0) is 25.8 Å². The molecule has 9 heteroatoms. The zero-order valence-electron chi connectivity index (χ0n) is 17.9. The lowest BCUT2D eigenvalue weighted by molar-refractivity contribution is -0.138. The van der Waals surface area contributed by atoms with Gasteiger partial charge in [-0.1, -0.05) is 35.9 Å². The molecule has 34 heavy (non-hydrogen) atoms. The molecule has 0 aliphatic carbocycles. The van der Waals surface area contributed by atoms with E-state index in [9.17, 15) is 18.0 Å². The Labute approximate surface area is 199 Å². The molecule has 5 nitrogen and oxygen atoms in total. The fraction of sp³-hybridized carbons (Fsp3) is 0.160. The Morgan fingerprint density at radius 2 is 1.74 bits per heavy atom. The van der Waals surface area contributed by atoms with Crippen LogP contribution in [0.3, 0.4) is 0 Å². The fourth-order valence-corrected chi connectivity index (χ4v) is 3.74. The first-order valence-electron chi connectivity index (χ1n) is 10.4. The molecular formula is C25H20ClF3N4O. The average Bonchev–Trinajstić information content (AvgIpc) is 3.25. The predicted molar refractivity (Wildman–Crippen MR) is 122 cm³/mol. The van der Waals surface area contributed by atoms with Crippen molar-refractivity contribution in [3.8, 4) is 0 Å². The van der Waals surface area contributed by atoms with Gasteiger partial charge in [-0.05, 0) is 47.5 Å². The Morgan fingerprint density at radius 1 is 0.971 bits per heavy atom. The quantitative estimate of drug-likeness (QED) is 0.331. The van der Waals surface area contributed by atoms with Gasteiger partial charge in [-0.3, -0.25) is 9.78 Å². The summed E-state index contributed by atoms with van der Waals surface area (Å²) < 4.78 is 42.0. The van der Waals surface area contributed by atoms with Gasteiger partial charge in [-0.2, -0.15) is 13.2 Å². The highest BCUT2D eigenvalue weighted by Crippen LogP contribution is 2.32. The molecule has 0 N–H and O–H groups in total. The molecule has 1 amide bonds. The minimum absolute atomic E-state index is 0.0269. The number of rotatable bonds is 7. The van der Waals surface area contributed by atoms with E-state index in [1.165, 1.54) is 18.3 Å². The van der Waals surface area contributed by atoms with Gasteiger partial charge in [0.05, 0.1) is 12.1 Å². The van der Waals surface area contributed by atoms with Gasteiger partial charge < -0.3 is 9.47 Å². The second-order valence-corrected chi connectivity index (χ2v) is 8.09. The first kappa shape index (κ1) is 23.5. The van der Waals surface area contributed by atoms with Gasteiger partial charge >= 0.3 is 6.18 Å². The Hall–Kier alpha value is -3.65. The summed E-state index contributed by atoms with van der Waals surface area (Å²) in [7, 11) is 0. The highest BCUT2D eigenvalue weighted by molar-refractivity contribution is 6.30. The van der Waals surface area contributed by atoms with Crippen LogP contribution in [0.4, 0.5) is 13.2 Å². The number of aromatic nitrogens is 3. The van der Waals surface area contributed by atoms with Gasteiger partial charge in [0.1, 0.15) is 5.82 Å². The third-order valence-corrected chi connectivity index (χ3v) is 5.52. The number of halogens is 4. The summed E-state index contributed by atoms with van der Waals surface area (Å²) in [4.78, 5) is 23.3. The monoisotopic (exact) mass is 484 g/mol. The molecule has 0 fully saturated rings. The van der Waals surface area contributed by atoms with Crippen molar-refractivity contribution >= 4 is 17.5 Å². The van der Waals surface area contributed by atoms with Crippen molar-refractivity contribution < 1.29 is 18.0 Å². The smallest absolute Gasteiger partial charge is 0.329 e. The van der Waals surface area contributed by atoms with Crippen molar-refractivity contribution in [1.82, 2.24) is 19.4 Å². The molecule has 4 rings (SSSR count). The largest absolute Gasteiger partial charge is 0.416 e. The van der Waals surface area contributed by atoms with Crippen molar-refractivity contribution in [2.24, 2.45) is 0 Å². The summed E-state index contributed by atoms with van der Waals surface area (Å²) in [5.74, 6) is 0.203. The molecule has 2 heterocycles. The number of pyridine rings is 1. The van der Waals surface area contributed by atoms with Gasteiger partial charge in [0, 0.05) is 48.5 Å². The summed E-state index contributed by atoms with van der Waals surface area (Å²) in [6.07, 6.45) is 1.96. The van der Waals surface area contributed by atoms with Crippen LogP contribution >= 0.6 is 11.6 Å². The molecule has 2 aromatic heterocycles. The van der Waals surface area contributed by atoms with Crippen molar-refractivity contribution in [3.05, 3.63) is 119 Å². The summed E-state index contributed by atoms with van der Waals surface area (Å²) in [6, 6.07) is 15.6. The number of nitrogens with zero attached hydrogens (tertiary/aromatic N) is 4. The minimum atomic E-state index is -4.46. The lowest BCUT2D eigenvalue weighted by atomic mass is 10.1. The SMILES string of the molecule is O=C(c1ccc(Cl)cc1)N(Cc1cccnc1)Cc1nccn1Cc1ccccc1C(F)(F)F. The van der Waals surface area contributed by atoms with Gasteiger partial charge in [-0.15, -0.1) is 0 Å². The fourth-order valence-electron chi connectivity index (χ4n) is 3.61. The molecule has 174 valence electrons. The van der Waals surface area contributed by atoms with Crippen LogP contribution in [-0.4, -0.2) is 25.3 Å². The number of amides is 1. The van der Waals surface area contributed by atoms with Crippen molar-refractivity contribution in [1.29, 1.82) is 0 Å². The number of benzene rings is 2. The van der Waals surface area contributed by atoms with Gasteiger partial charge in [0.15, 0.2) is 0 Å². The lowest BCUT2D eigenvalue weighted by Crippen LogP contribution is -2.31. The molecule has 4 aromatic rings. The van der Waals surface area contributed by atoms with Crippen LogP contribution in [0.2, 0.25) is 5.02 Å². The highest BCUT2D eigenvalue weighted by atomic mass is 35.5. The molecule has 0 unspecified atom stereocenters. The number of imidazole rings is 1. The van der Waals surface area contributed by atoms with Gasteiger partial charge in [0.25, 0.3) is 5.91 Å². The summed E-state index contributed by atoms with van der Waals surface area (Å²) in [5.41, 5.74) is 0.676.